The van der Waals surface area contributed by atoms with E-state index in [9.17, 15) is 4.39 Å². The summed E-state index contributed by atoms with van der Waals surface area (Å²) in [6.45, 7) is 4.02. The quantitative estimate of drug-likeness (QED) is 0.880. The molecule has 0 radical (unpaired) electrons. The molecule has 0 saturated carbocycles. The fraction of sp³-hybridized carbons (Fsp3) is 0.600. The number of benzene rings is 1. The van der Waals surface area contributed by atoms with Gasteiger partial charge < -0.3 is 15.7 Å². The summed E-state index contributed by atoms with van der Waals surface area (Å²) in [5.74, 6) is 0.282. The van der Waals surface area contributed by atoms with E-state index in [1.807, 2.05) is 13.0 Å². The van der Waals surface area contributed by atoms with Crippen molar-refractivity contribution in [1.29, 1.82) is 0 Å². The van der Waals surface area contributed by atoms with E-state index in [-0.39, 0.29) is 18.5 Å². The smallest absolute Gasteiger partial charge is 0.123 e. The largest absolute Gasteiger partial charge is 0.396 e. The van der Waals surface area contributed by atoms with Crippen LogP contribution >= 0.6 is 0 Å². The number of halogens is 1. The second-order valence-corrected chi connectivity index (χ2v) is 5.46. The molecule has 1 fully saturated rings. The van der Waals surface area contributed by atoms with Crippen LogP contribution in [-0.2, 0) is 0 Å². The van der Waals surface area contributed by atoms with Crippen molar-refractivity contribution >= 4 is 5.69 Å². The fourth-order valence-electron chi connectivity index (χ4n) is 2.88. The van der Waals surface area contributed by atoms with Gasteiger partial charge in [0, 0.05) is 31.4 Å². The van der Waals surface area contributed by atoms with E-state index in [1.54, 1.807) is 0 Å². The Bertz CT molecular complexity index is 421. The maximum absolute atomic E-state index is 13.4. The maximum Gasteiger partial charge on any atom is 0.123 e. The van der Waals surface area contributed by atoms with Crippen LogP contribution in [0.25, 0.3) is 0 Å². The molecule has 1 aromatic rings. The predicted octanol–water partition coefficient (Wildman–Crippen LogP) is 2.44. The molecule has 1 aliphatic heterocycles. The Labute approximate surface area is 114 Å². The van der Waals surface area contributed by atoms with Crippen molar-refractivity contribution in [3.63, 3.8) is 0 Å². The summed E-state index contributed by atoms with van der Waals surface area (Å²) in [4.78, 5) is 2.28. The first-order valence-electron chi connectivity index (χ1n) is 7.02. The molecule has 1 aromatic carbocycles. The number of anilines is 1. The Morgan fingerprint density at radius 2 is 2.32 bits per heavy atom. The zero-order valence-electron chi connectivity index (χ0n) is 11.5. The van der Waals surface area contributed by atoms with Gasteiger partial charge in [0.05, 0.1) is 0 Å². The minimum atomic E-state index is -0.236. The highest BCUT2D eigenvalue weighted by molar-refractivity contribution is 5.55. The minimum Gasteiger partial charge on any atom is -0.396 e. The highest BCUT2D eigenvalue weighted by atomic mass is 19.1. The van der Waals surface area contributed by atoms with E-state index in [2.05, 4.69) is 4.90 Å². The average Bonchev–Trinajstić information content (AvgIpc) is 2.39. The van der Waals surface area contributed by atoms with Crippen LogP contribution in [0.4, 0.5) is 10.1 Å². The van der Waals surface area contributed by atoms with Crippen molar-refractivity contribution < 1.29 is 9.50 Å². The topological polar surface area (TPSA) is 49.5 Å². The molecule has 0 amide bonds. The summed E-state index contributed by atoms with van der Waals surface area (Å²) in [6.07, 6.45) is 3.11. The second-order valence-electron chi connectivity index (χ2n) is 5.46. The van der Waals surface area contributed by atoms with E-state index >= 15 is 0 Å². The molecule has 1 unspecified atom stereocenters. The number of aliphatic hydroxyl groups is 1. The van der Waals surface area contributed by atoms with Crippen LogP contribution in [-0.4, -0.2) is 24.8 Å². The van der Waals surface area contributed by atoms with Gasteiger partial charge in [-0.1, -0.05) is 0 Å². The van der Waals surface area contributed by atoms with E-state index in [0.29, 0.717) is 5.92 Å². The number of piperidine rings is 1. The van der Waals surface area contributed by atoms with Gasteiger partial charge >= 0.3 is 0 Å². The molecule has 0 aliphatic carbocycles. The molecule has 19 heavy (non-hydrogen) atoms. The summed E-state index contributed by atoms with van der Waals surface area (Å²) in [5, 5.41) is 9.07. The Morgan fingerprint density at radius 3 is 3.00 bits per heavy atom. The molecular formula is C15H23FN2O. The van der Waals surface area contributed by atoms with Crippen LogP contribution in [0.3, 0.4) is 0 Å². The third-order valence-corrected chi connectivity index (χ3v) is 3.88. The number of hydrogen-bond donors (Lipinski definition) is 2. The van der Waals surface area contributed by atoms with Gasteiger partial charge in [0.2, 0.25) is 0 Å². The number of hydrogen-bond acceptors (Lipinski definition) is 3. The maximum atomic E-state index is 13.4. The third-order valence-electron chi connectivity index (χ3n) is 3.88. The van der Waals surface area contributed by atoms with E-state index in [4.69, 9.17) is 10.8 Å². The van der Waals surface area contributed by atoms with Crippen molar-refractivity contribution in [3.8, 4) is 0 Å². The Kier molecular flexibility index (Phi) is 4.77. The second kappa shape index (κ2) is 6.35. The minimum absolute atomic E-state index is 0.177. The first-order valence-corrected chi connectivity index (χ1v) is 7.02. The van der Waals surface area contributed by atoms with Crippen LogP contribution < -0.4 is 10.6 Å². The summed E-state index contributed by atoms with van der Waals surface area (Å²) < 4.78 is 13.4. The molecular weight excluding hydrogens is 243 g/mol. The number of nitrogens with zero attached hydrogens (tertiary/aromatic N) is 1. The van der Waals surface area contributed by atoms with E-state index < -0.39 is 0 Å². The molecule has 3 nitrogen and oxygen atoms in total. The van der Waals surface area contributed by atoms with Gasteiger partial charge in [-0.25, -0.2) is 4.39 Å². The van der Waals surface area contributed by atoms with E-state index in [0.717, 1.165) is 43.6 Å². The molecule has 0 spiro atoms. The molecule has 3 N–H and O–H groups in total. The highest BCUT2D eigenvalue weighted by Gasteiger charge is 2.22. The molecule has 106 valence electrons. The van der Waals surface area contributed by atoms with Gasteiger partial charge in [-0.3, -0.25) is 0 Å². The number of rotatable bonds is 4. The Balaban J connectivity index is 2.20. The molecule has 1 aliphatic rings. The lowest BCUT2D eigenvalue weighted by Crippen LogP contribution is -2.36. The Hall–Kier alpha value is -1.13. The molecule has 4 heteroatoms. The molecule has 1 saturated heterocycles. The first kappa shape index (κ1) is 14.3. The zero-order chi connectivity index (χ0) is 13.8. The normalized spacial score (nSPS) is 21.5. The lowest BCUT2D eigenvalue weighted by Gasteiger charge is -2.36. The fourth-order valence-corrected chi connectivity index (χ4v) is 2.88. The number of nitrogens with two attached hydrogens (primary N) is 1. The van der Waals surface area contributed by atoms with E-state index in [1.165, 1.54) is 12.1 Å². The van der Waals surface area contributed by atoms with Crippen molar-refractivity contribution in [2.45, 2.75) is 32.2 Å². The van der Waals surface area contributed by atoms with Crippen molar-refractivity contribution in [1.82, 2.24) is 0 Å². The third kappa shape index (κ3) is 3.45. The van der Waals surface area contributed by atoms with Crippen LogP contribution in [0, 0.1) is 11.7 Å². The molecule has 1 heterocycles. The average molecular weight is 266 g/mol. The monoisotopic (exact) mass is 266 g/mol. The van der Waals surface area contributed by atoms with Gasteiger partial charge in [0.25, 0.3) is 0 Å². The van der Waals surface area contributed by atoms with Crippen molar-refractivity contribution in [3.05, 3.63) is 29.6 Å². The summed E-state index contributed by atoms with van der Waals surface area (Å²) in [5.41, 5.74) is 7.86. The number of aliphatic hydroxyl groups excluding tert-OH is 1. The molecule has 0 bridgehead atoms. The standard InChI is InChI=1S/C15H23FN2O/c1-11(17)14-9-13(16)4-5-15(14)18-7-2-3-12(10-18)6-8-19/h4-5,9,11-12,19H,2-3,6-8,10,17H2,1H3/t11-,12?/m0/s1. The Morgan fingerprint density at radius 1 is 1.53 bits per heavy atom. The van der Waals surface area contributed by atoms with Gasteiger partial charge in [-0.15, -0.1) is 0 Å². The van der Waals surface area contributed by atoms with Crippen molar-refractivity contribution in [2.75, 3.05) is 24.6 Å². The van der Waals surface area contributed by atoms with Gasteiger partial charge in [-0.2, -0.15) is 0 Å². The van der Waals surface area contributed by atoms with Gasteiger partial charge in [0.1, 0.15) is 5.82 Å². The SMILES string of the molecule is C[C@H](N)c1cc(F)ccc1N1CCCC(CCO)C1. The van der Waals surface area contributed by atoms with Crippen LogP contribution in [0.15, 0.2) is 18.2 Å². The van der Waals surface area contributed by atoms with Gasteiger partial charge in [0.15, 0.2) is 0 Å². The lowest BCUT2D eigenvalue weighted by molar-refractivity contribution is 0.244. The summed E-state index contributed by atoms with van der Waals surface area (Å²) >= 11 is 0. The predicted molar refractivity (Wildman–Crippen MR) is 75.6 cm³/mol. The van der Waals surface area contributed by atoms with Crippen LogP contribution in [0.5, 0.6) is 0 Å². The molecule has 0 aromatic heterocycles. The van der Waals surface area contributed by atoms with Crippen LogP contribution in [0.2, 0.25) is 0 Å². The highest BCUT2D eigenvalue weighted by Crippen LogP contribution is 2.30. The first-order chi connectivity index (χ1) is 9.11. The van der Waals surface area contributed by atoms with Gasteiger partial charge in [-0.05, 0) is 55.9 Å². The summed E-state index contributed by atoms with van der Waals surface area (Å²) in [6, 6.07) is 4.69. The lowest BCUT2D eigenvalue weighted by atomic mass is 9.93. The van der Waals surface area contributed by atoms with Crippen LogP contribution in [0.1, 0.15) is 37.8 Å². The van der Waals surface area contributed by atoms with Crippen molar-refractivity contribution in [2.24, 2.45) is 11.7 Å². The zero-order valence-corrected chi connectivity index (χ0v) is 11.5. The molecule has 2 rings (SSSR count). The summed E-state index contributed by atoms with van der Waals surface area (Å²) in [7, 11) is 0. The molecule has 2 atom stereocenters.